The first-order valence-corrected chi connectivity index (χ1v) is 8.82. The molecule has 1 aromatic heterocycles. The van der Waals surface area contributed by atoms with E-state index >= 15 is 0 Å². The predicted octanol–water partition coefficient (Wildman–Crippen LogP) is 2.86. The molecule has 0 spiro atoms. The van der Waals surface area contributed by atoms with Gasteiger partial charge < -0.3 is 10.2 Å². The molecule has 0 radical (unpaired) electrons. The zero-order valence-electron chi connectivity index (χ0n) is 12.1. The van der Waals surface area contributed by atoms with Crippen LogP contribution in [-0.4, -0.2) is 43.1 Å². The highest BCUT2D eigenvalue weighted by molar-refractivity contribution is 8.01. The summed E-state index contributed by atoms with van der Waals surface area (Å²) in [6.07, 6.45) is 6.98. The Bertz CT molecular complexity index is 374. The predicted molar refractivity (Wildman–Crippen MR) is 84.4 cm³/mol. The standard InChI is InChI=1S/C13H24N4S2/c1-14-11(10-7-5-4-6-8-10)9-18-13-16-15-12(19-13)17(2)3/h10-11,14H,4-9H2,1-3H3. The molecule has 1 aliphatic carbocycles. The molecule has 0 aliphatic heterocycles. The van der Waals surface area contributed by atoms with Gasteiger partial charge in [-0.1, -0.05) is 42.4 Å². The summed E-state index contributed by atoms with van der Waals surface area (Å²) in [5.74, 6) is 1.94. The third-order valence-corrected chi connectivity index (χ3v) is 6.10. The highest BCUT2D eigenvalue weighted by Crippen LogP contribution is 2.31. The van der Waals surface area contributed by atoms with Crippen molar-refractivity contribution in [1.29, 1.82) is 0 Å². The minimum absolute atomic E-state index is 0.608. The quantitative estimate of drug-likeness (QED) is 0.818. The second-order valence-electron chi connectivity index (χ2n) is 5.35. The lowest BCUT2D eigenvalue weighted by molar-refractivity contribution is 0.294. The van der Waals surface area contributed by atoms with Gasteiger partial charge in [-0.3, -0.25) is 0 Å². The lowest BCUT2D eigenvalue weighted by Crippen LogP contribution is -2.36. The van der Waals surface area contributed by atoms with Gasteiger partial charge in [0.2, 0.25) is 5.13 Å². The van der Waals surface area contributed by atoms with Gasteiger partial charge in [-0.25, -0.2) is 0 Å². The third kappa shape index (κ3) is 4.33. The van der Waals surface area contributed by atoms with Crippen LogP contribution in [0.4, 0.5) is 5.13 Å². The van der Waals surface area contributed by atoms with E-state index in [9.17, 15) is 0 Å². The molecule has 0 bridgehead atoms. The maximum absolute atomic E-state index is 4.25. The smallest absolute Gasteiger partial charge is 0.208 e. The molecule has 19 heavy (non-hydrogen) atoms. The van der Waals surface area contributed by atoms with Crippen LogP contribution in [0.15, 0.2) is 4.34 Å². The number of aromatic nitrogens is 2. The topological polar surface area (TPSA) is 41.1 Å². The molecule has 1 saturated carbocycles. The van der Waals surface area contributed by atoms with Crippen LogP contribution >= 0.6 is 23.1 Å². The first-order chi connectivity index (χ1) is 9.20. The van der Waals surface area contributed by atoms with Crippen molar-refractivity contribution in [3.05, 3.63) is 0 Å². The van der Waals surface area contributed by atoms with Crippen LogP contribution in [0.3, 0.4) is 0 Å². The van der Waals surface area contributed by atoms with Crippen molar-refractivity contribution in [1.82, 2.24) is 15.5 Å². The summed E-state index contributed by atoms with van der Waals surface area (Å²) >= 11 is 3.52. The number of rotatable bonds is 6. The molecule has 6 heteroatoms. The van der Waals surface area contributed by atoms with E-state index in [0.717, 1.165) is 21.1 Å². The lowest BCUT2D eigenvalue weighted by atomic mass is 9.84. The fourth-order valence-electron chi connectivity index (χ4n) is 2.59. The normalized spacial score (nSPS) is 18.5. The maximum Gasteiger partial charge on any atom is 0.208 e. The lowest BCUT2D eigenvalue weighted by Gasteiger charge is -2.29. The summed E-state index contributed by atoms with van der Waals surface area (Å²) in [6.45, 7) is 0. The molecule has 4 nitrogen and oxygen atoms in total. The molecule has 1 heterocycles. The zero-order chi connectivity index (χ0) is 13.7. The molecular weight excluding hydrogens is 276 g/mol. The number of thioether (sulfide) groups is 1. The van der Waals surface area contributed by atoms with Crippen molar-refractivity contribution in [2.24, 2.45) is 5.92 Å². The monoisotopic (exact) mass is 300 g/mol. The van der Waals surface area contributed by atoms with Gasteiger partial charge >= 0.3 is 0 Å². The highest BCUT2D eigenvalue weighted by atomic mass is 32.2. The average molecular weight is 300 g/mol. The van der Waals surface area contributed by atoms with Gasteiger partial charge in [0, 0.05) is 25.9 Å². The Balaban J connectivity index is 1.84. The van der Waals surface area contributed by atoms with Crippen molar-refractivity contribution in [3.8, 4) is 0 Å². The largest absolute Gasteiger partial charge is 0.353 e. The average Bonchev–Trinajstić information content (AvgIpc) is 2.90. The van der Waals surface area contributed by atoms with Crippen LogP contribution in [0.5, 0.6) is 0 Å². The van der Waals surface area contributed by atoms with Crippen molar-refractivity contribution < 1.29 is 0 Å². The van der Waals surface area contributed by atoms with Gasteiger partial charge in [0.15, 0.2) is 4.34 Å². The Kier molecular flexibility index (Phi) is 5.91. The van der Waals surface area contributed by atoms with Crippen LogP contribution < -0.4 is 10.2 Å². The van der Waals surface area contributed by atoms with E-state index < -0.39 is 0 Å². The Hall–Kier alpha value is -0.330. The molecule has 0 aromatic carbocycles. The molecule has 1 fully saturated rings. The molecular formula is C13H24N4S2. The second-order valence-corrected chi connectivity index (χ2v) is 7.57. The maximum atomic E-state index is 4.25. The number of hydrogen-bond acceptors (Lipinski definition) is 6. The third-order valence-electron chi connectivity index (χ3n) is 3.75. The molecule has 0 amide bonds. The Morgan fingerprint density at radius 2 is 2.05 bits per heavy atom. The van der Waals surface area contributed by atoms with E-state index in [4.69, 9.17) is 0 Å². The van der Waals surface area contributed by atoms with Crippen LogP contribution in [-0.2, 0) is 0 Å². The van der Waals surface area contributed by atoms with Gasteiger partial charge in [0.1, 0.15) is 0 Å². The number of hydrogen-bond donors (Lipinski definition) is 1. The molecule has 0 saturated heterocycles. The fourth-order valence-corrected chi connectivity index (χ4v) is 4.62. The highest BCUT2D eigenvalue weighted by Gasteiger charge is 2.22. The van der Waals surface area contributed by atoms with E-state index in [1.54, 1.807) is 11.3 Å². The summed E-state index contributed by atoms with van der Waals surface area (Å²) in [4.78, 5) is 2.01. The summed E-state index contributed by atoms with van der Waals surface area (Å²) in [6, 6.07) is 0.608. The van der Waals surface area contributed by atoms with Gasteiger partial charge in [-0.05, 0) is 25.8 Å². The first kappa shape index (κ1) is 15.1. The van der Waals surface area contributed by atoms with E-state index in [1.807, 2.05) is 30.8 Å². The second kappa shape index (κ2) is 7.45. The van der Waals surface area contributed by atoms with Crippen LogP contribution in [0.1, 0.15) is 32.1 Å². The van der Waals surface area contributed by atoms with Gasteiger partial charge in [0.25, 0.3) is 0 Å². The zero-order valence-corrected chi connectivity index (χ0v) is 13.7. The minimum Gasteiger partial charge on any atom is -0.353 e. The molecule has 108 valence electrons. The van der Waals surface area contributed by atoms with Crippen LogP contribution in [0.25, 0.3) is 0 Å². The SMILES string of the molecule is CNC(CSc1nnc(N(C)C)s1)C1CCCCC1. The Morgan fingerprint density at radius 3 is 2.63 bits per heavy atom. The van der Waals surface area contributed by atoms with Crippen molar-refractivity contribution in [2.45, 2.75) is 42.5 Å². The summed E-state index contributed by atoms with van der Waals surface area (Å²) in [5.41, 5.74) is 0. The Labute approximate surface area is 124 Å². The molecule has 1 unspecified atom stereocenters. The van der Waals surface area contributed by atoms with Gasteiger partial charge in [-0.15, -0.1) is 10.2 Å². The first-order valence-electron chi connectivity index (χ1n) is 7.01. The van der Waals surface area contributed by atoms with Gasteiger partial charge in [0.05, 0.1) is 0 Å². The molecule has 1 aromatic rings. The van der Waals surface area contributed by atoms with E-state index in [1.165, 1.54) is 32.1 Å². The summed E-state index contributed by atoms with van der Waals surface area (Å²) in [5, 5.41) is 12.9. The van der Waals surface area contributed by atoms with Crippen molar-refractivity contribution in [3.63, 3.8) is 0 Å². The molecule has 1 atom stereocenters. The number of anilines is 1. The van der Waals surface area contributed by atoms with Crippen molar-refractivity contribution in [2.75, 3.05) is 31.8 Å². The number of nitrogens with one attached hydrogen (secondary N) is 1. The molecule has 2 rings (SSSR count). The summed E-state index contributed by atoms with van der Waals surface area (Å²) < 4.78 is 1.08. The van der Waals surface area contributed by atoms with Crippen LogP contribution in [0, 0.1) is 5.92 Å². The number of nitrogens with zero attached hydrogens (tertiary/aromatic N) is 3. The van der Waals surface area contributed by atoms with E-state index in [0.29, 0.717) is 6.04 Å². The van der Waals surface area contributed by atoms with Crippen LogP contribution in [0.2, 0.25) is 0 Å². The van der Waals surface area contributed by atoms with E-state index in [-0.39, 0.29) is 0 Å². The molecule has 1 aliphatic rings. The molecule has 1 N–H and O–H groups in total. The summed E-state index contributed by atoms with van der Waals surface area (Å²) in [7, 11) is 6.10. The fraction of sp³-hybridized carbons (Fsp3) is 0.846. The Morgan fingerprint density at radius 1 is 1.32 bits per heavy atom. The van der Waals surface area contributed by atoms with E-state index in [2.05, 4.69) is 22.6 Å². The van der Waals surface area contributed by atoms with Gasteiger partial charge in [-0.2, -0.15) is 0 Å². The minimum atomic E-state index is 0.608. The van der Waals surface area contributed by atoms with Crippen molar-refractivity contribution >= 4 is 28.2 Å².